The molecule has 18 heteroatoms. The van der Waals surface area contributed by atoms with Gasteiger partial charge < -0.3 is 34.2 Å². The molecule has 0 aliphatic rings. The molecular weight excluding hydrogens is 1460 g/mol. The minimum absolute atomic E-state index is 0.0964. The van der Waals surface area contributed by atoms with E-state index in [9.17, 15) is 43.5 Å². The van der Waals surface area contributed by atoms with E-state index in [0.29, 0.717) is 19.3 Å². The second-order valence-corrected chi connectivity index (χ2v) is 34.0. The first-order valence-electron chi connectivity index (χ1n) is 46.2. The van der Waals surface area contributed by atoms with Crippen molar-refractivity contribution in [1.82, 2.24) is 0 Å². The number of carbonyl (C=O) groups excluding carboxylic acids is 3. The van der Waals surface area contributed by atoms with Crippen LogP contribution in [-0.2, 0) is 55.8 Å². The zero-order chi connectivity index (χ0) is 82.2. The Morgan fingerprint density at radius 3 is 0.726 bits per heavy atom. The molecule has 0 spiro atoms. The minimum atomic E-state index is -4.93. The molecule has 0 aromatic rings. The van der Waals surface area contributed by atoms with Gasteiger partial charge in [0, 0.05) is 19.3 Å². The van der Waals surface area contributed by atoms with Gasteiger partial charge in [0.25, 0.3) is 0 Å². The Hall–Kier alpha value is -3.79. The number of hydrogen-bond acceptors (Lipinski definition) is 14. The van der Waals surface area contributed by atoms with Gasteiger partial charge in [-0.3, -0.25) is 32.5 Å². The molecule has 0 saturated carbocycles. The molecule has 0 aliphatic carbocycles. The minimum Gasteiger partial charge on any atom is -0.463 e. The van der Waals surface area contributed by atoms with Gasteiger partial charge in [-0.05, 0) is 135 Å². The Kier molecular flexibility index (Phi) is 84.6. The van der Waals surface area contributed by atoms with E-state index < -0.39 is 91.5 Å². The molecule has 0 heterocycles. The summed E-state index contributed by atoms with van der Waals surface area (Å²) in [7, 11) is -9.79. The van der Waals surface area contributed by atoms with E-state index in [1.54, 1.807) is 0 Å². The topological polar surface area (TPSA) is 231 Å². The first kappa shape index (κ1) is 109. The quantitative estimate of drug-likeness (QED) is 0.0146. The molecule has 0 saturated heterocycles. The van der Waals surface area contributed by atoms with Crippen LogP contribution in [0.15, 0.2) is 109 Å². The summed E-state index contributed by atoms with van der Waals surface area (Å²) < 4.78 is 61.4. The lowest BCUT2D eigenvalue weighted by Gasteiger charge is -2.21. The van der Waals surface area contributed by atoms with Crippen LogP contribution in [0.25, 0.3) is 0 Å². The lowest BCUT2D eigenvalue weighted by molar-refractivity contribution is -0.161. The highest BCUT2D eigenvalue weighted by Crippen LogP contribution is 2.45. The number of aliphatic hydroxyl groups is 2. The smallest absolute Gasteiger partial charge is 0.463 e. The number of ether oxygens (including phenoxy) is 3. The molecule has 0 rings (SSSR count). The Morgan fingerprint density at radius 2 is 0.442 bits per heavy atom. The number of hydrogen-bond donors (Lipinski definition) is 4. The lowest BCUT2D eigenvalue weighted by Crippen LogP contribution is -2.30. The maximum absolute atomic E-state index is 13.0. The number of phosphoric ester groups is 2. The van der Waals surface area contributed by atoms with Crippen LogP contribution in [0, 0.1) is 0 Å². The number of carbonyl (C=O) groups is 3. The van der Waals surface area contributed by atoms with Crippen LogP contribution in [0.3, 0.4) is 0 Å². The molecule has 0 aromatic carbocycles. The van der Waals surface area contributed by atoms with Crippen molar-refractivity contribution >= 4 is 33.6 Å². The Bertz CT molecular complexity index is 2490. The van der Waals surface area contributed by atoms with Gasteiger partial charge in [-0.25, -0.2) is 9.13 Å². The molecule has 0 aromatic heterocycles. The van der Waals surface area contributed by atoms with Gasteiger partial charge in [-0.15, -0.1) is 0 Å². The fourth-order valence-corrected chi connectivity index (χ4v) is 14.5. The molecule has 5 atom stereocenters. The molecule has 0 amide bonds. The predicted molar refractivity (Wildman–Crippen MR) is 473 cm³/mol. The maximum Gasteiger partial charge on any atom is 0.472 e. The lowest BCUT2D eigenvalue weighted by atomic mass is 10.0. The van der Waals surface area contributed by atoms with E-state index in [-0.39, 0.29) is 19.3 Å². The molecule has 4 N–H and O–H groups in total. The van der Waals surface area contributed by atoms with E-state index in [0.717, 1.165) is 116 Å². The summed E-state index contributed by atoms with van der Waals surface area (Å²) in [6.07, 6.45) is 106. The van der Waals surface area contributed by atoms with Crippen molar-refractivity contribution in [2.45, 2.75) is 437 Å². The fourth-order valence-electron chi connectivity index (χ4n) is 12.9. The molecular formula is C95H170O16P2. The largest absolute Gasteiger partial charge is 0.472 e. The van der Waals surface area contributed by atoms with Crippen molar-refractivity contribution in [3.8, 4) is 0 Å². The number of esters is 3. The van der Waals surface area contributed by atoms with Crippen LogP contribution in [0.2, 0.25) is 0 Å². The standard InChI is InChI=1S/C95H170O16P2/c1-4-7-10-13-16-19-22-25-27-29-31-33-35-37-39-41-43-44-46-48-49-51-53-55-57-59-61-64-66-69-72-75-78-81-93(98)105-84-90(96)85-107-112(101,102)108-86-91(97)87-109-113(103,104)110-89-92(111-95(100)83-80-77-74-71-68-63-24-21-18-15-12-9-6-3)88-106-94(99)82-79-76-73-70-67-65-62-60-58-56-54-52-50-47-45-42-40-38-36-34-32-30-28-26-23-20-17-14-11-8-5-2/h16-17,19-21,24-28,31-34,37-40,90-92,96-97H,4-15,18,22-23,29-30,35-36,41-89H2,1-3H3,(H,101,102)(H,103,104)/b19-16-,20-17-,24-21-,27-25-,28-26-,33-31-,34-32-,39-37-,40-38-. The molecule has 113 heavy (non-hydrogen) atoms. The zero-order valence-corrected chi connectivity index (χ0v) is 74.1. The van der Waals surface area contributed by atoms with Crippen LogP contribution in [0.4, 0.5) is 0 Å². The van der Waals surface area contributed by atoms with Crippen LogP contribution < -0.4 is 0 Å². The van der Waals surface area contributed by atoms with Crippen molar-refractivity contribution in [2.24, 2.45) is 0 Å². The third kappa shape index (κ3) is 88.9. The summed E-state index contributed by atoms with van der Waals surface area (Å²) in [5.74, 6) is -1.56. The molecule has 16 nitrogen and oxygen atoms in total. The number of unbranched alkanes of at least 4 members (excludes halogenated alkanes) is 47. The van der Waals surface area contributed by atoms with Crippen molar-refractivity contribution < 1.29 is 75.8 Å². The third-order valence-electron chi connectivity index (χ3n) is 19.9. The summed E-state index contributed by atoms with van der Waals surface area (Å²) >= 11 is 0. The van der Waals surface area contributed by atoms with Crippen molar-refractivity contribution in [1.29, 1.82) is 0 Å². The van der Waals surface area contributed by atoms with E-state index in [2.05, 4.69) is 130 Å². The maximum atomic E-state index is 13.0. The Balaban J connectivity index is 4.38. The Morgan fingerprint density at radius 1 is 0.248 bits per heavy atom. The molecule has 656 valence electrons. The van der Waals surface area contributed by atoms with Crippen molar-refractivity contribution in [2.75, 3.05) is 39.6 Å². The van der Waals surface area contributed by atoms with E-state index in [4.69, 9.17) is 32.3 Å². The molecule has 0 bridgehead atoms. The van der Waals surface area contributed by atoms with Crippen LogP contribution in [-0.4, -0.2) is 95.9 Å². The monoisotopic (exact) mass is 1630 g/mol. The van der Waals surface area contributed by atoms with Gasteiger partial charge in [-0.2, -0.15) is 0 Å². The number of allylic oxidation sites excluding steroid dienone is 18. The summed E-state index contributed by atoms with van der Waals surface area (Å²) in [5.41, 5.74) is 0. The normalized spacial score (nSPS) is 14.3. The SMILES string of the molecule is CCCCC/C=C\C/C=C\C/C=C\C/C=C\CCCCCCCCCCCCCCCCCCCC(=O)OCC(O)COP(=O)(O)OCC(O)COP(=O)(O)OCC(COC(=O)CCCCCCCCCCCCCCCCC/C=C\C/C=C\C/C=C\C/C=C\CCCCC)OC(=O)CCCCCCC/C=C\CCCCCC. The first-order chi connectivity index (χ1) is 55.2. The van der Waals surface area contributed by atoms with E-state index >= 15 is 0 Å². The van der Waals surface area contributed by atoms with Gasteiger partial charge in [0.05, 0.1) is 26.4 Å². The number of aliphatic hydroxyl groups excluding tert-OH is 2. The Labute approximate surface area is 691 Å². The summed E-state index contributed by atoms with van der Waals surface area (Å²) in [6.45, 7) is 2.67. The van der Waals surface area contributed by atoms with Gasteiger partial charge in [0.15, 0.2) is 6.10 Å². The number of phosphoric acid groups is 2. The van der Waals surface area contributed by atoms with E-state index in [1.165, 1.54) is 244 Å². The van der Waals surface area contributed by atoms with Crippen molar-refractivity contribution in [3.05, 3.63) is 109 Å². The van der Waals surface area contributed by atoms with Crippen LogP contribution in [0.5, 0.6) is 0 Å². The second-order valence-electron chi connectivity index (χ2n) is 31.1. The third-order valence-corrected chi connectivity index (χ3v) is 21.8. The van der Waals surface area contributed by atoms with Crippen LogP contribution in [0.1, 0.15) is 419 Å². The number of rotatable bonds is 88. The zero-order valence-electron chi connectivity index (χ0n) is 72.3. The molecule has 0 aliphatic heterocycles. The highest BCUT2D eigenvalue weighted by Gasteiger charge is 2.29. The average Bonchev–Trinajstić information content (AvgIpc) is 0.903. The summed E-state index contributed by atoms with van der Waals surface area (Å²) in [5, 5.41) is 20.7. The second kappa shape index (κ2) is 87.5. The van der Waals surface area contributed by atoms with Gasteiger partial charge in [0.1, 0.15) is 25.4 Å². The van der Waals surface area contributed by atoms with Gasteiger partial charge in [-0.1, -0.05) is 374 Å². The molecule has 0 fully saturated rings. The van der Waals surface area contributed by atoms with E-state index in [1.807, 2.05) is 0 Å². The van der Waals surface area contributed by atoms with Gasteiger partial charge >= 0.3 is 33.6 Å². The average molecular weight is 1630 g/mol. The highest BCUT2D eigenvalue weighted by atomic mass is 31.2. The first-order valence-corrected chi connectivity index (χ1v) is 49.2. The van der Waals surface area contributed by atoms with Crippen LogP contribution >= 0.6 is 15.6 Å². The highest BCUT2D eigenvalue weighted by molar-refractivity contribution is 7.47. The molecule has 5 unspecified atom stereocenters. The van der Waals surface area contributed by atoms with Crippen molar-refractivity contribution in [3.63, 3.8) is 0 Å². The summed E-state index contributed by atoms with van der Waals surface area (Å²) in [6, 6.07) is 0. The molecule has 0 radical (unpaired) electrons. The predicted octanol–water partition coefficient (Wildman–Crippen LogP) is 28.2. The fraction of sp³-hybridized carbons (Fsp3) is 0.779. The summed E-state index contributed by atoms with van der Waals surface area (Å²) in [4.78, 5) is 58.8. The van der Waals surface area contributed by atoms with Gasteiger partial charge in [0.2, 0.25) is 0 Å².